The fraction of sp³-hybridized carbons (Fsp3) is 0.0714. The minimum atomic E-state index is -0.411. The van der Waals surface area contributed by atoms with Crippen molar-refractivity contribution in [1.29, 1.82) is 5.26 Å². The second-order valence-corrected chi connectivity index (χ2v) is 4.08. The van der Waals surface area contributed by atoms with E-state index in [2.05, 4.69) is 5.32 Å². The molecule has 0 aliphatic rings. The number of hydrogen-bond donors (Lipinski definition) is 1. The van der Waals surface area contributed by atoms with Gasteiger partial charge in [0.1, 0.15) is 0 Å². The van der Waals surface area contributed by atoms with Crippen LogP contribution in [0.1, 0.15) is 11.1 Å². The molecule has 0 aliphatic carbocycles. The van der Waals surface area contributed by atoms with E-state index >= 15 is 0 Å². The van der Waals surface area contributed by atoms with E-state index in [9.17, 15) is 10.1 Å². The molecule has 2 aromatic carbocycles. The molecule has 0 amide bonds. The van der Waals surface area contributed by atoms with Crippen LogP contribution in [-0.2, 0) is 0 Å². The highest BCUT2D eigenvalue weighted by Gasteiger charge is 2.10. The molecule has 2 aromatic rings. The van der Waals surface area contributed by atoms with E-state index in [1.54, 1.807) is 43.3 Å². The van der Waals surface area contributed by atoms with E-state index in [0.717, 1.165) is 5.69 Å². The van der Waals surface area contributed by atoms with Crippen molar-refractivity contribution in [3.8, 4) is 6.07 Å². The SMILES string of the molecule is Cc1ccc(Nc2cccc(C#N)c2)cc1[N+](=O)[O-]. The highest BCUT2D eigenvalue weighted by Crippen LogP contribution is 2.25. The van der Waals surface area contributed by atoms with Crippen molar-refractivity contribution in [2.24, 2.45) is 0 Å². The maximum atomic E-state index is 10.9. The van der Waals surface area contributed by atoms with E-state index < -0.39 is 4.92 Å². The molecule has 0 radical (unpaired) electrons. The van der Waals surface area contributed by atoms with Gasteiger partial charge in [-0.25, -0.2) is 0 Å². The molecule has 0 saturated heterocycles. The molecule has 2 rings (SSSR count). The standard InChI is InChI=1S/C14H11N3O2/c1-10-5-6-13(8-14(10)17(18)19)16-12-4-2-3-11(7-12)9-15/h2-8,16H,1H3. The van der Waals surface area contributed by atoms with Crippen LogP contribution >= 0.6 is 0 Å². The summed E-state index contributed by atoms with van der Waals surface area (Å²) in [7, 11) is 0. The summed E-state index contributed by atoms with van der Waals surface area (Å²) in [6.07, 6.45) is 0. The molecule has 0 aromatic heterocycles. The van der Waals surface area contributed by atoms with Crippen molar-refractivity contribution in [2.45, 2.75) is 6.92 Å². The molecule has 19 heavy (non-hydrogen) atoms. The lowest BCUT2D eigenvalue weighted by atomic mass is 10.1. The summed E-state index contributed by atoms with van der Waals surface area (Å²) >= 11 is 0. The van der Waals surface area contributed by atoms with Crippen molar-refractivity contribution in [1.82, 2.24) is 0 Å². The zero-order valence-electron chi connectivity index (χ0n) is 10.3. The molecule has 0 unspecified atom stereocenters. The lowest BCUT2D eigenvalue weighted by Gasteiger charge is -2.07. The number of nitriles is 1. The maximum absolute atomic E-state index is 10.9. The van der Waals surface area contributed by atoms with Gasteiger partial charge in [-0.3, -0.25) is 10.1 Å². The number of aryl methyl sites for hydroxylation is 1. The predicted octanol–water partition coefficient (Wildman–Crippen LogP) is 3.52. The molecule has 0 heterocycles. The molecule has 0 spiro atoms. The number of hydrogen-bond acceptors (Lipinski definition) is 4. The van der Waals surface area contributed by atoms with Crippen LogP contribution in [0.5, 0.6) is 0 Å². The summed E-state index contributed by atoms with van der Waals surface area (Å²) < 4.78 is 0. The number of nitro groups is 1. The third-order valence-electron chi connectivity index (χ3n) is 2.69. The van der Waals surface area contributed by atoms with Crippen LogP contribution in [0.15, 0.2) is 42.5 Å². The fourth-order valence-electron chi connectivity index (χ4n) is 1.72. The van der Waals surface area contributed by atoms with E-state index in [1.165, 1.54) is 6.07 Å². The largest absolute Gasteiger partial charge is 0.355 e. The van der Waals surface area contributed by atoms with Gasteiger partial charge in [0.15, 0.2) is 0 Å². The molecular formula is C14H11N3O2. The third kappa shape index (κ3) is 2.87. The molecule has 5 heteroatoms. The lowest BCUT2D eigenvalue weighted by molar-refractivity contribution is -0.385. The monoisotopic (exact) mass is 253 g/mol. The van der Waals surface area contributed by atoms with Gasteiger partial charge >= 0.3 is 0 Å². The molecule has 94 valence electrons. The Kier molecular flexibility index (Phi) is 3.44. The Balaban J connectivity index is 2.31. The van der Waals surface area contributed by atoms with E-state index in [-0.39, 0.29) is 5.69 Å². The lowest BCUT2D eigenvalue weighted by Crippen LogP contribution is -1.95. The summed E-state index contributed by atoms with van der Waals surface area (Å²) in [6, 6.07) is 13.9. The number of anilines is 2. The minimum absolute atomic E-state index is 0.0708. The first-order valence-corrected chi connectivity index (χ1v) is 5.62. The van der Waals surface area contributed by atoms with Gasteiger partial charge in [0.2, 0.25) is 0 Å². The van der Waals surface area contributed by atoms with Gasteiger partial charge in [-0.1, -0.05) is 12.1 Å². The molecule has 5 nitrogen and oxygen atoms in total. The molecule has 0 atom stereocenters. The minimum Gasteiger partial charge on any atom is -0.355 e. The van der Waals surface area contributed by atoms with Gasteiger partial charge in [0.25, 0.3) is 5.69 Å². The second kappa shape index (κ2) is 5.19. The average Bonchev–Trinajstić information content (AvgIpc) is 2.41. The van der Waals surface area contributed by atoms with Crippen molar-refractivity contribution < 1.29 is 4.92 Å². The Morgan fingerprint density at radius 2 is 1.95 bits per heavy atom. The topological polar surface area (TPSA) is 79.0 Å². The first-order valence-electron chi connectivity index (χ1n) is 5.62. The first kappa shape index (κ1) is 12.6. The Bertz CT molecular complexity index is 675. The Hall–Kier alpha value is -2.87. The van der Waals surface area contributed by atoms with E-state index in [0.29, 0.717) is 16.8 Å². The van der Waals surface area contributed by atoms with Gasteiger partial charge in [-0.2, -0.15) is 5.26 Å². The molecule has 1 N–H and O–H groups in total. The highest BCUT2D eigenvalue weighted by atomic mass is 16.6. The van der Waals surface area contributed by atoms with E-state index in [1.807, 2.05) is 6.07 Å². The number of nitrogens with one attached hydrogen (secondary N) is 1. The zero-order chi connectivity index (χ0) is 13.8. The Labute approximate surface area is 110 Å². The van der Waals surface area contributed by atoms with Crippen LogP contribution in [0, 0.1) is 28.4 Å². The van der Waals surface area contributed by atoms with Crippen molar-refractivity contribution in [3.63, 3.8) is 0 Å². The van der Waals surface area contributed by atoms with Crippen LogP contribution in [0.3, 0.4) is 0 Å². The van der Waals surface area contributed by atoms with Crippen molar-refractivity contribution >= 4 is 17.1 Å². The number of benzene rings is 2. The van der Waals surface area contributed by atoms with Gasteiger partial charge < -0.3 is 5.32 Å². The van der Waals surface area contributed by atoms with Gasteiger partial charge in [0.05, 0.1) is 16.6 Å². The third-order valence-corrected chi connectivity index (χ3v) is 2.69. The maximum Gasteiger partial charge on any atom is 0.274 e. The molecule has 0 aliphatic heterocycles. The van der Waals surface area contributed by atoms with Crippen molar-refractivity contribution in [2.75, 3.05) is 5.32 Å². The quantitative estimate of drug-likeness (QED) is 0.670. The smallest absolute Gasteiger partial charge is 0.274 e. The number of rotatable bonds is 3. The first-order chi connectivity index (χ1) is 9.10. The highest BCUT2D eigenvalue weighted by molar-refractivity contribution is 5.64. The summed E-state index contributed by atoms with van der Waals surface area (Å²) in [5.74, 6) is 0. The summed E-state index contributed by atoms with van der Waals surface area (Å²) in [6.45, 7) is 1.69. The van der Waals surface area contributed by atoms with Gasteiger partial charge in [-0.05, 0) is 31.2 Å². The van der Waals surface area contributed by atoms with Crippen molar-refractivity contribution in [3.05, 3.63) is 63.7 Å². The molecular weight excluding hydrogens is 242 g/mol. The van der Waals surface area contributed by atoms with E-state index in [4.69, 9.17) is 5.26 Å². The predicted molar refractivity (Wildman–Crippen MR) is 72.3 cm³/mol. The number of nitrogens with zero attached hydrogens (tertiary/aromatic N) is 2. The fourth-order valence-corrected chi connectivity index (χ4v) is 1.72. The Morgan fingerprint density at radius 1 is 1.21 bits per heavy atom. The summed E-state index contributed by atoms with van der Waals surface area (Å²) in [4.78, 5) is 10.5. The molecule has 0 fully saturated rings. The summed E-state index contributed by atoms with van der Waals surface area (Å²) in [5.41, 5.74) is 2.55. The average molecular weight is 253 g/mol. The van der Waals surface area contributed by atoms with Crippen LogP contribution in [0.25, 0.3) is 0 Å². The van der Waals surface area contributed by atoms with Crippen LogP contribution in [0.4, 0.5) is 17.1 Å². The Morgan fingerprint density at radius 3 is 2.63 bits per heavy atom. The van der Waals surface area contributed by atoms with Gasteiger partial charge in [-0.15, -0.1) is 0 Å². The molecule has 0 saturated carbocycles. The number of nitro benzene ring substituents is 1. The summed E-state index contributed by atoms with van der Waals surface area (Å²) in [5, 5.41) is 22.7. The second-order valence-electron chi connectivity index (χ2n) is 4.08. The van der Waals surface area contributed by atoms with Crippen LogP contribution < -0.4 is 5.32 Å². The zero-order valence-corrected chi connectivity index (χ0v) is 10.3. The van der Waals surface area contributed by atoms with Gasteiger partial charge in [0, 0.05) is 23.0 Å². The normalized spacial score (nSPS) is 9.68. The van der Waals surface area contributed by atoms with Crippen LogP contribution in [0.2, 0.25) is 0 Å². The van der Waals surface area contributed by atoms with Crippen LogP contribution in [-0.4, -0.2) is 4.92 Å². The molecule has 0 bridgehead atoms.